The van der Waals surface area contributed by atoms with Crippen LogP contribution in [-0.4, -0.2) is 36.9 Å². The Hall–Kier alpha value is -3.00. The van der Waals surface area contributed by atoms with E-state index in [1.165, 1.54) is 0 Å². The second-order valence-corrected chi connectivity index (χ2v) is 8.67. The summed E-state index contributed by atoms with van der Waals surface area (Å²) in [7, 11) is 0. The van der Waals surface area contributed by atoms with Crippen LogP contribution in [0.25, 0.3) is 5.65 Å². The van der Waals surface area contributed by atoms with E-state index in [0.717, 1.165) is 38.5 Å². The molecule has 9 heteroatoms. The van der Waals surface area contributed by atoms with Crippen molar-refractivity contribution in [3.8, 4) is 0 Å². The van der Waals surface area contributed by atoms with Gasteiger partial charge in [0.1, 0.15) is 5.69 Å². The van der Waals surface area contributed by atoms with Gasteiger partial charge in [0.2, 0.25) is 5.91 Å². The summed E-state index contributed by atoms with van der Waals surface area (Å²) in [6.45, 7) is 0. The molecular formula is C21H21ClN6O2. The van der Waals surface area contributed by atoms with Gasteiger partial charge in [-0.1, -0.05) is 11.6 Å². The smallest absolute Gasteiger partial charge is 0.272 e. The van der Waals surface area contributed by atoms with E-state index < -0.39 is 5.41 Å². The molecule has 0 aliphatic heterocycles. The molecule has 3 aliphatic carbocycles. The first kappa shape index (κ1) is 19.0. The van der Waals surface area contributed by atoms with Crippen molar-refractivity contribution in [1.29, 1.82) is 0 Å². The largest absolute Gasteiger partial charge is 0.345 e. The van der Waals surface area contributed by atoms with Crippen LogP contribution in [0, 0.1) is 5.41 Å². The Kier molecular flexibility index (Phi) is 4.47. The number of fused-ring (bicyclic) bond motifs is 4. The first-order valence-electron chi connectivity index (χ1n) is 10.0. The van der Waals surface area contributed by atoms with Gasteiger partial charge in [-0.05, 0) is 56.7 Å². The highest BCUT2D eigenvalue weighted by molar-refractivity contribution is 6.33. The Morgan fingerprint density at radius 1 is 1.03 bits per heavy atom. The van der Waals surface area contributed by atoms with Gasteiger partial charge in [0.05, 0.1) is 23.1 Å². The Bertz CT molecular complexity index is 1120. The van der Waals surface area contributed by atoms with Crippen LogP contribution in [-0.2, 0) is 4.79 Å². The maximum absolute atomic E-state index is 13.1. The number of nitrogens with zero attached hydrogens (tertiary/aromatic N) is 4. The fraction of sp³-hybridized carbons (Fsp3) is 0.381. The highest BCUT2D eigenvalue weighted by atomic mass is 35.5. The monoisotopic (exact) mass is 424 g/mol. The second-order valence-electron chi connectivity index (χ2n) is 8.26. The van der Waals surface area contributed by atoms with Gasteiger partial charge in [0, 0.05) is 23.3 Å². The van der Waals surface area contributed by atoms with Gasteiger partial charge in [-0.3, -0.25) is 14.6 Å². The molecular weight excluding hydrogens is 404 g/mol. The normalized spacial score (nSPS) is 25.2. The number of amides is 2. The average molecular weight is 425 g/mol. The predicted molar refractivity (Wildman–Crippen MR) is 111 cm³/mol. The fourth-order valence-electron chi connectivity index (χ4n) is 4.73. The molecule has 3 aliphatic rings. The molecule has 0 atom stereocenters. The number of carbonyl (C=O) groups excluding carboxylic acids is 2. The minimum atomic E-state index is -0.420. The minimum Gasteiger partial charge on any atom is -0.345 e. The first-order valence-corrected chi connectivity index (χ1v) is 10.4. The summed E-state index contributed by atoms with van der Waals surface area (Å²) in [5.41, 5.74) is 0.887. The van der Waals surface area contributed by atoms with Crippen molar-refractivity contribution in [3.63, 3.8) is 0 Å². The van der Waals surface area contributed by atoms with Crippen LogP contribution in [0.4, 0.5) is 5.69 Å². The number of halogens is 1. The molecule has 0 aromatic carbocycles. The van der Waals surface area contributed by atoms with Crippen molar-refractivity contribution < 1.29 is 9.59 Å². The summed E-state index contributed by atoms with van der Waals surface area (Å²) in [4.78, 5) is 34.3. The number of hydrogen-bond acceptors (Lipinski definition) is 5. The van der Waals surface area contributed by atoms with Crippen molar-refractivity contribution in [1.82, 2.24) is 24.9 Å². The molecule has 0 radical (unpaired) electrons. The molecule has 154 valence electrons. The lowest BCUT2D eigenvalue weighted by Crippen LogP contribution is -2.59. The summed E-state index contributed by atoms with van der Waals surface area (Å²) < 4.78 is 1.55. The van der Waals surface area contributed by atoms with E-state index in [1.54, 1.807) is 41.4 Å². The lowest BCUT2D eigenvalue weighted by molar-refractivity contribution is -0.132. The van der Waals surface area contributed by atoms with E-state index in [2.05, 4.69) is 25.7 Å². The van der Waals surface area contributed by atoms with E-state index in [9.17, 15) is 9.59 Å². The van der Waals surface area contributed by atoms with Gasteiger partial charge in [-0.25, -0.2) is 9.50 Å². The highest BCUT2D eigenvalue weighted by Gasteiger charge is 2.53. The Labute approximate surface area is 178 Å². The third kappa shape index (κ3) is 3.11. The van der Waals surface area contributed by atoms with Gasteiger partial charge in [0.25, 0.3) is 5.91 Å². The summed E-state index contributed by atoms with van der Waals surface area (Å²) >= 11 is 6.16. The van der Waals surface area contributed by atoms with Crippen molar-refractivity contribution >= 4 is 34.7 Å². The van der Waals surface area contributed by atoms with Crippen LogP contribution in [0.2, 0.25) is 5.02 Å². The van der Waals surface area contributed by atoms with Crippen LogP contribution in [0.15, 0.2) is 43.0 Å². The average Bonchev–Trinajstić information content (AvgIpc) is 3.21. The molecule has 3 saturated carbocycles. The van der Waals surface area contributed by atoms with Gasteiger partial charge >= 0.3 is 0 Å². The van der Waals surface area contributed by atoms with Crippen LogP contribution < -0.4 is 10.6 Å². The Balaban J connectivity index is 1.28. The molecule has 0 spiro atoms. The van der Waals surface area contributed by atoms with Crippen LogP contribution in [0.3, 0.4) is 0 Å². The van der Waals surface area contributed by atoms with Crippen molar-refractivity contribution in [2.24, 2.45) is 5.41 Å². The lowest BCUT2D eigenvalue weighted by Gasteiger charge is -2.52. The van der Waals surface area contributed by atoms with Gasteiger partial charge < -0.3 is 10.6 Å². The van der Waals surface area contributed by atoms with Crippen molar-refractivity contribution in [3.05, 3.63) is 53.7 Å². The molecule has 2 amide bonds. The Morgan fingerprint density at radius 3 is 2.53 bits per heavy atom. The molecule has 0 unspecified atom stereocenters. The number of aromatic nitrogens is 4. The predicted octanol–water partition coefficient (Wildman–Crippen LogP) is 3.24. The van der Waals surface area contributed by atoms with Gasteiger partial charge in [-0.2, -0.15) is 5.10 Å². The number of nitrogens with one attached hydrogen (secondary N) is 2. The molecule has 3 heterocycles. The SMILES string of the molecule is O=C(NC12CCC(C(=O)Nc3cnccc3Cl)(CC1)CC2)c1cnc2cccnn12. The molecule has 3 aromatic heterocycles. The number of hydrogen-bond donors (Lipinski definition) is 2. The molecule has 30 heavy (non-hydrogen) atoms. The summed E-state index contributed by atoms with van der Waals surface area (Å²) in [5, 5.41) is 10.9. The third-order valence-electron chi connectivity index (χ3n) is 6.63. The van der Waals surface area contributed by atoms with Crippen molar-refractivity contribution in [2.45, 2.75) is 44.1 Å². The van der Waals surface area contributed by atoms with Gasteiger partial charge in [-0.15, -0.1) is 0 Å². The molecule has 3 aromatic rings. The molecule has 8 nitrogen and oxygen atoms in total. The number of anilines is 1. The Morgan fingerprint density at radius 2 is 1.80 bits per heavy atom. The molecule has 6 rings (SSSR count). The molecule has 0 saturated heterocycles. The van der Waals surface area contributed by atoms with E-state index in [-0.39, 0.29) is 17.4 Å². The zero-order valence-electron chi connectivity index (χ0n) is 16.3. The van der Waals surface area contributed by atoms with E-state index >= 15 is 0 Å². The summed E-state index contributed by atoms with van der Waals surface area (Å²) in [6.07, 6.45) is 10.8. The van der Waals surface area contributed by atoms with E-state index in [4.69, 9.17) is 11.6 Å². The maximum atomic E-state index is 13.1. The minimum absolute atomic E-state index is 0.0111. The maximum Gasteiger partial charge on any atom is 0.272 e. The van der Waals surface area contributed by atoms with E-state index in [0.29, 0.717) is 22.1 Å². The highest BCUT2D eigenvalue weighted by Crippen LogP contribution is 2.53. The number of pyridine rings is 1. The molecule has 2 bridgehead atoms. The zero-order valence-corrected chi connectivity index (χ0v) is 17.0. The first-order chi connectivity index (χ1) is 14.5. The topological polar surface area (TPSA) is 101 Å². The number of imidazole rings is 1. The van der Waals surface area contributed by atoms with Crippen LogP contribution >= 0.6 is 11.6 Å². The van der Waals surface area contributed by atoms with Crippen molar-refractivity contribution in [2.75, 3.05) is 5.32 Å². The number of carbonyl (C=O) groups is 2. The van der Waals surface area contributed by atoms with E-state index in [1.807, 2.05) is 6.07 Å². The lowest BCUT2D eigenvalue weighted by atomic mass is 9.57. The number of rotatable bonds is 4. The van der Waals surface area contributed by atoms with Crippen LogP contribution in [0.5, 0.6) is 0 Å². The standard InChI is InChI=1S/C21H21ClN6O2/c22-14-3-11-23-12-15(14)26-19(30)20-4-7-21(8-5-20,9-6-20)27-18(29)16-13-24-17-2-1-10-25-28(16)17/h1-3,10-13H,4-9H2,(H,26,30)(H,27,29). The molecule has 2 N–H and O–H groups in total. The van der Waals surface area contributed by atoms with Crippen LogP contribution in [0.1, 0.15) is 49.0 Å². The quantitative estimate of drug-likeness (QED) is 0.669. The third-order valence-corrected chi connectivity index (χ3v) is 6.96. The second kappa shape index (κ2) is 7.05. The molecule has 3 fully saturated rings. The van der Waals surface area contributed by atoms with Gasteiger partial charge in [0.15, 0.2) is 5.65 Å². The fourth-order valence-corrected chi connectivity index (χ4v) is 4.88. The summed E-state index contributed by atoms with van der Waals surface area (Å²) in [6, 6.07) is 5.26. The summed E-state index contributed by atoms with van der Waals surface area (Å²) in [5.74, 6) is -0.190. The zero-order chi connectivity index (χ0) is 20.8.